The SMILES string of the molecule is CO[C@H]1OC(CO)[C@@H](OC2OC(CO)C(O[C@H]3OC(CO)[C@@H](OC4OC(CO)C(O[Si](C)(C)C(C)(C)C)[C@H](C)[C@H]4N4C(=O)c5ccccc5C4=O)C(O)[C@@H]3N3C(=O)c4ccccc4C3=O)[C@H](O)[C@H]2N2C(=O)c3ccccc3C2=O)C(O)[C@@H]1N1C(=O)c2ccccc2C1=O. The molecule has 8 heterocycles. The highest BCUT2D eigenvalue weighted by Gasteiger charge is 2.63. The van der Waals surface area contributed by atoms with E-state index >= 15 is 0 Å². The summed E-state index contributed by atoms with van der Waals surface area (Å²) in [4.78, 5) is 119. The van der Waals surface area contributed by atoms with Gasteiger partial charge in [-0.25, -0.2) is 0 Å². The molecule has 93 heavy (non-hydrogen) atoms. The summed E-state index contributed by atoms with van der Waals surface area (Å²) in [5.74, 6) is -8.15. The van der Waals surface area contributed by atoms with Crippen LogP contribution in [-0.4, -0.2) is 261 Å². The lowest BCUT2D eigenvalue weighted by Gasteiger charge is -2.53. The molecule has 4 saturated heterocycles. The van der Waals surface area contributed by atoms with Gasteiger partial charge in [-0.2, -0.15) is 0 Å². The normalized spacial score (nSPS) is 34.6. The lowest BCUT2D eigenvalue weighted by Crippen LogP contribution is -2.72. The zero-order valence-corrected chi connectivity index (χ0v) is 52.5. The molecule has 0 aliphatic carbocycles. The Morgan fingerprint density at radius 1 is 0.398 bits per heavy atom. The van der Waals surface area contributed by atoms with Crippen molar-refractivity contribution in [1.82, 2.24) is 19.6 Å². The number of aliphatic hydroxyl groups is 7. The van der Waals surface area contributed by atoms with Gasteiger partial charge in [0.15, 0.2) is 33.5 Å². The van der Waals surface area contributed by atoms with Gasteiger partial charge in [-0.05, 0) is 66.7 Å². The molecule has 4 aromatic carbocycles. The van der Waals surface area contributed by atoms with Gasteiger partial charge in [0.05, 0.1) is 83.1 Å². The second kappa shape index (κ2) is 25.3. The molecule has 0 spiro atoms. The highest BCUT2D eigenvalue weighted by Crippen LogP contribution is 2.46. The van der Waals surface area contributed by atoms with Gasteiger partial charge in [0.1, 0.15) is 79.2 Å². The summed E-state index contributed by atoms with van der Waals surface area (Å²) in [6.07, 6.45) is -27.8. The maximum atomic E-state index is 14.8. The van der Waals surface area contributed by atoms with Crippen LogP contribution in [0.5, 0.6) is 0 Å². The zero-order chi connectivity index (χ0) is 66.6. The Kier molecular flexibility index (Phi) is 18.0. The summed E-state index contributed by atoms with van der Waals surface area (Å²) in [6, 6.07) is 15.8. The molecule has 8 amide bonds. The van der Waals surface area contributed by atoms with Crippen LogP contribution in [0.15, 0.2) is 97.1 Å². The fourth-order valence-electron chi connectivity index (χ4n) is 13.7. The molecule has 0 bridgehead atoms. The van der Waals surface area contributed by atoms with Gasteiger partial charge < -0.3 is 78.1 Å². The van der Waals surface area contributed by atoms with Crippen LogP contribution >= 0.6 is 0 Å². The first-order valence-corrected chi connectivity index (χ1v) is 33.4. The number of hydrogen-bond donors (Lipinski definition) is 7. The first-order valence-electron chi connectivity index (χ1n) is 30.5. The number of hydrogen-bond acceptors (Lipinski definition) is 24. The molecule has 20 atom stereocenters. The molecule has 496 valence electrons. The van der Waals surface area contributed by atoms with Crippen molar-refractivity contribution in [2.24, 2.45) is 5.92 Å². The van der Waals surface area contributed by atoms with Crippen molar-refractivity contribution in [2.45, 2.75) is 162 Å². The van der Waals surface area contributed by atoms with Crippen LogP contribution in [0.3, 0.4) is 0 Å². The Hall–Kier alpha value is -6.98. The van der Waals surface area contributed by atoms with Crippen molar-refractivity contribution < 1.29 is 116 Å². The molecule has 10 unspecified atom stereocenters. The molecule has 29 heteroatoms. The lowest BCUT2D eigenvalue weighted by molar-refractivity contribution is -0.369. The standard InChI is InChI=1S/C64H72N4O24Si/c1-28-41(65-52(76)29-16-8-9-17-30(29)53(65)77)61(86-37(24-69)48(28)92-93(6,7)64(2,3)4)89-50-39(26-71)87-63(43(46(50)74)67-56(80)33-20-12-13-21-34(33)57(67)81)91-51-40(27-72)88-62(44(47(51)75)68-58(82)35-22-14-15-23-36(35)59(68)83)90-49-38(25-70)85-60(84-5)42(45(49)73)66-54(78)31-18-10-11-19-32(31)55(66)79/h8-23,28,37-51,60-63,69-75H,24-27H2,1-7H3/t28-,37?,38?,39?,40?,41-,42+,43+,44-,45?,46?,47-,48?,49-,50-,51?,60+,61?,62?,63-/m1/s1. The van der Waals surface area contributed by atoms with Crippen LogP contribution in [0.1, 0.15) is 111 Å². The van der Waals surface area contributed by atoms with E-state index in [1.165, 1.54) is 84.9 Å². The van der Waals surface area contributed by atoms with Crippen LogP contribution in [0, 0.1) is 5.92 Å². The third kappa shape index (κ3) is 10.8. The highest BCUT2D eigenvalue weighted by atomic mass is 28.4. The predicted octanol–water partition coefficient (Wildman–Crippen LogP) is 0.426. The third-order valence-corrected chi connectivity index (χ3v) is 24.0. The number of carbonyl (C=O) groups excluding carboxylic acids is 8. The maximum absolute atomic E-state index is 14.8. The van der Waals surface area contributed by atoms with Crippen molar-refractivity contribution in [3.63, 3.8) is 0 Å². The van der Waals surface area contributed by atoms with E-state index in [9.17, 15) is 74.1 Å². The van der Waals surface area contributed by atoms with Gasteiger partial charge in [-0.3, -0.25) is 58.0 Å². The second-order valence-corrected chi connectivity index (χ2v) is 30.4. The van der Waals surface area contributed by atoms with Gasteiger partial charge in [-0.15, -0.1) is 0 Å². The van der Waals surface area contributed by atoms with Gasteiger partial charge in [0.2, 0.25) is 0 Å². The zero-order valence-electron chi connectivity index (χ0n) is 51.5. The summed E-state index contributed by atoms with van der Waals surface area (Å²) in [5.41, 5.74) is -0.489. The largest absolute Gasteiger partial charge is 0.411 e. The van der Waals surface area contributed by atoms with Crippen LogP contribution in [0.2, 0.25) is 18.1 Å². The molecule has 7 N–H and O–H groups in total. The molecule has 0 saturated carbocycles. The summed E-state index contributed by atoms with van der Waals surface area (Å²) in [5, 5.41) is 82.8. The van der Waals surface area contributed by atoms with Gasteiger partial charge in [0, 0.05) is 13.0 Å². The number of fused-ring (bicyclic) bond motifs is 4. The molecule has 4 aromatic rings. The van der Waals surface area contributed by atoms with Gasteiger partial charge in [0.25, 0.3) is 47.3 Å². The second-order valence-electron chi connectivity index (χ2n) is 25.7. The Balaban J connectivity index is 0.910. The van der Waals surface area contributed by atoms with Crippen LogP contribution < -0.4 is 0 Å². The van der Waals surface area contributed by atoms with Crippen molar-refractivity contribution in [3.8, 4) is 0 Å². The number of carbonyl (C=O) groups is 8. The quantitative estimate of drug-likeness (QED) is 0.0556. The van der Waals surface area contributed by atoms with E-state index in [0.29, 0.717) is 14.7 Å². The minimum absolute atomic E-state index is 0.0148. The number of amides is 8. The van der Waals surface area contributed by atoms with E-state index in [1.807, 2.05) is 33.9 Å². The Labute approximate surface area is 533 Å². The smallest absolute Gasteiger partial charge is 0.262 e. The van der Waals surface area contributed by atoms with E-state index in [-0.39, 0.29) is 44.5 Å². The fraction of sp³-hybridized carbons (Fsp3) is 0.500. The average Bonchev–Trinajstić information content (AvgIpc) is 1.71. The Morgan fingerprint density at radius 2 is 0.624 bits per heavy atom. The van der Waals surface area contributed by atoms with Gasteiger partial charge >= 0.3 is 0 Å². The molecule has 8 aliphatic rings. The van der Waals surface area contributed by atoms with Crippen molar-refractivity contribution in [1.29, 1.82) is 0 Å². The number of methoxy groups -OCH3 is 1. The number of ether oxygens (including phenoxy) is 8. The van der Waals surface area contributed by atoms with E-state index in [1.54, 1.807) is 19.1 Å². The highest BCUT2D eigenvalue weighted by molar-refractivity contribution is 6.74. The van der Waals surface area contributed by atoms with E-state index in [0.717, 1.165) is 12.0 Å². The number of imide groups is 4. The first kappa shape index (κ1) is 66.1. The Bertz CT molecular complexity index is 3500. The van der Waals surface area contributed by atoms with Crippen LogP contribution in [0.4, 0.5) is 0 Å². The van der Waals surface area contributed by atoms with Crippen LogP contribution in [0.25, 0.3) is 0 Å². The summed E-state index contributed by atoms with van der Waals surface area (Å²) in [6.45, 7) is 7.76. The molecule has 0 radical (unpaired) electrons. The molecule has 8 aliphatic heterocycles. The molecule has 4 fully saturated rings. The Morgan fingerprint density at radius 3 is 0.871 bits per heavy atom. The van der Waals surface area contributed by atoms with E-state index in [2.05, 4.69) is 0 Å². The third-order valence-electron chi connectivity index (χ3n) is 19.5. The summed E-state index contributed by atoms with van der Waals surface area (Å²) in [7, 11) is -1.61. The maximum Gasteiger partial charge on any atom is 0.262 e. The predicted molar refractivity (Wildman–Crippen MR) is 317 cm³/mol. The lowest BCUT2D eigenvalue weighted by atomic mass is 9.87. The topological polar surface area (TPSA) is 374 Å². The molecular weight excluding hydrogens is 1240 g/mol. The minimum Gasteiger partial charge on any atom is -0.411 e. The molecule has 28 nitrogen and oxygen atoms in total. The van der Waals surface area contributed by atoms with Gasteiger partial charge in [-0.1, -0.05) is 76.2 Å². The summed E-state index contributed by atoms with van der Waals surface area (Å²) >= 11 is 0. The van der Waals surface area contributed by atoms with Crippen molar-refractivity contribution in [2.75, 3.05) is 33.5 Å². The van der Waals surface area contributed by atoms with Crippen molar-refractivity contribution >= 4 is 55.6 Å². The minimum atomic E-state index is -2.77. The molecule has 12 rings (SSSR count). The number of aliphatic hydroxyl groups excluding tert-OH is 7. The van der Waals surface area contributed by atoms with Crippen LogP contribution in [-0.2, 0) is 42.3 Å². The van der Waals surface area contributed by atoms with E-state index < -0.39 is 209 Å². The molecular formula is C64H72N4O24Si. The first-order chi connectivity index (χ1) is 44.3. The monoisotopic (exact) mass is 1310 g/mol. The number of benzene rings is 4. The van der Waals surface area contributed by atoms with E-state index in [4.69, 9.17) is 42.3 Å². The number of nitrogens with zero attached hydrogens (tertiary/aromatic N) is 4. The number of rotatable bonds is 17. The summed E-state index contributed by atoms with van der Waals surface area (Å²) < 4.78 is 57.7. The average molecular weight is 1310 g/mol. The molecule has 0 aromatic heterocycles. The van der Waals surface area contributed by atoms with Crippen molar-refractivity contribution in [3.05, 3.63) is 142 Å². The fourth-order valence-corrected chi connectivity index (χ4v) is 15.1.